The van der Waals surface area contributed by atoms with Crippen LogP contribution in [0.5, 0.6) is 0 Å². The van der Waals surface area contributed by atoms with Gasteiger partial charge in [0.2, 0.25) is 11.8 Å². The van der Waals surface area contributed by atoms with Gasteiger partial charge in [-0.25, -0.2) is 4.98 Å². The summed E-state index contributed by atoms with van der Waals surface area (Å²) in [6.45, 7) is 4.55. The fourth-order valence-electron chi connectivity index (χ4n) is 3.69. The molecule has 2 fully saturated rings. The average molecular weight is 320 g/mol. The molecule has 22 heavy (non-hydrogen) atoms. The van der Waals surface area contributed by atoms with Crippen molar-refractivity contribution in [3.63, 3.8) is 0 Å². The van der Waals surface area contributed by atoms with E-state index < -0.39 is 0 Å². The minimum absolute atomic E-state index is 0.00255. The van der Waals surface area contributed by atoms with Crippen molar-refractivity contribution in [2.45, 2.75) is 71.3 Å². The van der Waals surface area contributed by atoms with Crippen LogP contribution in [0.3, 0.4) is 0 Å². The molecule has 0 aromatic carbocycles. The molecule has 1 saturated heterocycles. The monoisotopic (exact) mass is 320 g/mol. The molecule has 2 amide bonds. The third-order valence-corrected chi connectivity index (χ3v) is 6.15. The molecule has 0 unspecified atom stereocenters. The fourth-order valence-corrected chi connectivity index (χ4v) is 4.51. The lowest BCUT2D eigenvalue weighted by Crippen LogP contribution is -2.48. The third kappa shape index (κ3) is 3.09. The van der Waals surface area contributed by atoms with E-state index in [1.165, 1.54) is 11.3 Å². The first kappa shape index (κ1) is 15.7. The van der Waals surface area contributed by atoms with Gasteiger partial charge in [-0.05, 0) is 18.3 Å². The van der Waals surface area contributed by atoms with E-state index in [0.717, 1.165) is 36.4 Å². The quantitative estimate of drug-likeness (QED) is 0.795. The molecule has 1 spiro atoms. The van der Waals surface area contributed by atoms with E-state index in [0.29, 0.717) is 25.3 Å². The van der Waals surface area contributed by atoms with Crippen LogP contribution in [-0.2, 0) is 16.1 Å². The Balaban J connectivity index is 1.69. The van der Waals surface area contributed by atoms with Gasteiger partial charge in [-0.2, -0.15) is 0 Å². The normalized spacial score (nSPS) is 21.9. The Morgan fingerprint density at radius 2 is 1.82 bits per heavy atom. The Bertz CT molecular complexity index is 553. The highest BCUT2D eigenvalue weighted by Gasteiger charge is 2.44. The summed E-state index contributed by atoms with van der Waals surface area (Å²) >= 11 is 1.61. The average Bonchev–Trinajstić information content (AvgIpc) is 2.93. The molecular weight excluding hydrogens is 296 g/mol. The van der Waals surface area contributed by atoms with Crippen molar-refractivity contribution in [2.75, 3.05) is 0 Å². The zero-order valence-corrected chi connectivity index (χ0v) is 14.2. The van der Waals surface area contributed by atoms with Crippen molar-refractivity contribution in [2.24, 2.45) is 5.41 Å². The zero-order valence-electron chi connectivity index (χ0n) is 13.4. The lowest BCUT2D eigenvalue weighted by atomic mass is 9.67. The number of hydrogen-bond donors (Lipinski definition) is 0. The van der Waals surface area contributed by atoms with Crippen LogP contribution >= 0.6 is 11.3 Å². The maximum atomic E-state index is 12.5. The summed E-state index contributed by atoms with van der Waals surface area (Å²) in [7, 11) is 0. The molecule has 2 heterocycles. The van der Waals surface area contributed by atoms with E-state index in [4.69, 9.17) is 0 Å². The third-order valence-electron chi connectivity index (χ3n) is 4.95. The Morgan fingerprint density at radius 1 is 1.18 bits per heavy atom. The molecule has 1 aromatic rings. The second kappa shape index (κ2) is 6.11. The van der Waals surface area contributed by atoms with E-state index in [-0.39, 0.29) is 17.2 Å². The van der Waals surface area contributed by atoms with Crippen molar-refractivity contribution < 1.29 is 9.59 Å². The Kier molecular flexibility index (Phi) is 4.35. The number of likely N-dealkylation sites (tertiary alicyclic amines) is 1. The summed E-state index contributed by atoms with van der Waals surface area (Å²) in [5.41, 5.74) is 0.809. The van der Waals surface area contributed by atoms with Crippen molar-refractivity contribution >= 4 is 23.2 Å². The minimum Gasteiger partial charge on any atom is -0.276 e. The molecule has 0 radical (unpaired) electrons. The number of rotatable bonds is 3. The number of aromatic nitrogens is 1. The van der Waals surface area contributed by atoms with E-state index in [1.54, 1.807) is 11.3 Å². The largest absolute Gasteiger partial charge is 0.276 e. The Labute approximate surface area is 135 Å². The maximum absolute atomic E-state index is 12.5. The number of amides is 2. The molecule has 5 heteroatoms. The predicted molar refractivity (Wildman–Crippen MR) is 86.5 cm³/mol. The molecule has 0 atom stereocenters. The number of piperidine rings is 1. The van der Waals surface area contributed by atoms with Crippen molar-refractivity contribution in [3.8, 4) is 0 Å². The predicted octanol–water partition coefficient (Wildman–Crippen LogP) is 3.87. The highest BCUT2D eigenvalue weighted by Crippen LogP contribution is 2.45. The first-order chi connectivity index (χ1) is 10.5. The molecule has 2 aliphatic rings. The van der Waals surface area contributed by atoms with Gasteiger partial charge in [0, 0.05) is 24.1 Å². The lowest BCUT2D eigenvalue weighted by Gasteiger charge is -2.42. The highest BCUT2D eigenvalue weighted by atomic mass is 32.1. The number of thiazole rings is 1. The van der Waals surface area contributed by atoms with Crippen LogP contribution in [0.25, 0.3) is 0 Å². The van der Waals surface area contributed by atoms with Gasteiger partial charge in [0.1, 0.15) is 0 Å². The van der Waals surface area contributed by atoms with E-state index in [2.05, 4.69) is 18.8 Å². The zero-order chi connectivity index (χ0) is 15.7. The van der Waals surface area contributed by atoms with Crippen molar-refractivity contribution in [1.82, 2.24) is 9.88 Å². The van der Waals surface area contributed by atoms with Crippen LogP contribution in [-0.4, -0.2) is 21.7 Å². The van der Waals surface area contributed by atoms with E-state index in [9.17, 15) is 9.59 Å². The molecule has 4 nitrogen and oxygen atoms in total. The van der Waals surface area contributed by atoms with Gasteiger partial charge >= 0.3 is 0 Å². The van der Waals surface area contributed by atoms with Gasteiger partial charge in [-0.3, -0.25) is 14.5 Å². The van der Waals surface area contributed by atoms with Crippen LogP contribution in [0.4, 0.5) is 0 Å². The number of carbonyl (C=O) groups excluding carboxylic acids is 2. The van der Waals surface area contributed by atoms with Gasteiger partial charge in [0.25, 0.3) is 0 Å². The second-order valence-electron chi connectivity index (χ2n) is 7.12. The molecule has 0 bridgehead atoms. The summed E-state index contributed by atoms with van der Waals surface area (Å²) in [6, 6.07) is 0. The first-order valence-corrected chi connectivity index (χ1v) is 9.15. The number of carbonyl (C=O) groups is 2. The van der Waals surface area contributed by atoms with Gasteiger partial charge < -0.3 is 0 Å². The molecule has 3 rings (SSSR count). The molecular formula is C17H24N2O2S. The van der Waals surface area contributed by atoms with Crippen molar-refractivity contribution in [1.29, 1.82) is 0 Å². The summed E-state index contributed by atoms with van der Waals surface area (Å²) < 4.78 is 0. The smallest absolute Gasteiger partial charge is 0.230 e. The molecule has 0 N–H and O–H groups in total. The van der Waals surface area contributed by atoms with Crippen LogP contribution in [0.1, 0.15) is 75.4 Å². The van der Waals surface area contributed by atoms with Gasteiger partial charge in [-0.1, -0.05) is 33.1 Å². The topological polar surface area (TPSA) is 50.3 Å². The summed E-state index contributed by atoms with van der Waals surface area (Å²) in [4.78, 5) is 31.0. The molecule has 1 aliphatic carbocycles. The van der Waals surface area contributed by atoms with Gasteiger partial charge in [-0.15, -0.1) is 11.3 Å². The standard InChI is InChI=1S/C17H24N2O2S/c1-12(2)16-18-13(11-22-16)10-19-14(20)8-17(9-15(19)21)6-4-3-5-7-17/h11-12H,3-10H2,1-2H3. The molecule has 1 aromatic heterocycles. The van der Waals surface area contributed by atoms with Gasteiger partial charge in [0.05, 0.1) is 17.2 Å². The lowest BCUT2D eigenvalue weighted by molar-refractivity contribution is -0.155. The minimum atomic E-state index is -0.0336. The Hall–Kier alpha value is -1.23. The molecule has 120 valence electrons. The summed E-state index contributed by atoms with van der Waals surface area (Å²) in [5.74, 6) is 0.381. The fraction of sp³-hybridized carbons (Fsp3) is 0.706. The van der Waals surface area contributed by atoms with E-state index in [1.807, 2.05) is 5.38 Å². The highest BCUT2D eigenvalue weighted by molar-refractivity contribution is 7.09. The van der Waals surface area contributed by atoms with Crippen LogP contribution in [0.15, 0.2) is 5.38 Å². The second-order valence-corrected chi connectivity index (χ2v) is 8.01. The summed E-state index contributed by atoms with van der Waals surface area (Å²) in [6.07, 6.45) is 6.71. The van der Waals surface area contributed by atoms with Gasteiger partial charge in [0.15, 0.2) is 0 Å². The number of hydrogen-bond acceptors (Lipinski definition) is 4. The number of nitrogens with zero attached hydrogens (tertiary/aromatic N) is 2. The van der Waals surface area contributed by atoms with Crippen LogP contribution in [0.2, 0.25) is 0 Å². The SMILES string of the molecule is CC(C)c1nc(CN2C(=O)CC3(CCCCC3)CC2=O)cs1. The van der Waals surface area contributed by atoms with Crippen LogP contribution < -0.4 is 0 Å². The maximum Gasteiger partial charge on any atom is 0.230 e. The van der Waals surface area contributed by atoms with Crippen molar-refractivity contribution in [3.05, 3.63) is 16.1 Å². The summed E-state index contributed by atoms with van der Waals surface area (Å²) in [5, 5.41) is 3.04. The first-order valence-electron chi connectivity index (χ1n) is 8.27. The number of imide groups is 1. The van der Waals surface area contributed by atoms with E-state index >= 15 is 0 Å². The van der Waals surface area contributed by atoms with Crippen LogP contribution in [0, 0.1) is 5.41 Å². The Morgan fingerprint density at radius 3 is 2.36 bits per heavy atom. The molecule has 1 aliphatic heterocycles. The molecule has 1 saturated carbocycles.